The van der Waals surface area contributed by atoms with E-state index in [1.165, 1.54) is 32.3 Å². The minimum absolute atomic E-state index is 0.109. The van der Waals surface area contributed by atoms with Crippen molar-refractivity contribution >= 4 is 39.2 Å². The summed E-state index contributed by atoms with van der Waals surface area (Å²) in [6.07, 6.45) is 0. The van der Waals surface area contributed by atoms with Crippen molar-refractivity contribution in [2.45, 2.75) is 13.0 Å². The summed E-state index contributed by atoms with van der Waals surface area (Å²) in [5, 5.41) is 15.1. The molecular formula is C24H21BrN2O7. The Hall–Kier alpha value is -3.79. The van der Waals surface area contributed by atoms with Crippen LogP contribution >= 0.6 is 15.9 Å². The van der Waals surface area contributed by atoms with Crippen molar-refractivity contribution in [1.82, 2.24) is 5.16 Å². The molecule has 2 heterocycles. The minimum atomic E-state index is -1.04. The molecule has 1 aromatic heterocycles. The largest absolute Gasteiger partial charge is 0.507 e. The molecule has 0 bridgehead atoms. The molecule has 9 nitrogen and oxygen atoms in total. The van der Waals surface area contributed by atoms with Gasteiger partial charge in [0.05, 0.1) is 32.9 Å². The summed E-state index contributed by atoms with van der Waals surface area (Å²) >= 11 is 3.35. The van der Waals surface area contributed by atoms with Gasteiger partial charge in [0.1, 0.15) is 11.5 Å². The Morgan fingerprint density at radius 2 is 1.65 bits per heavy atom. The molecule has 1 amide bonds. The number of halogens is 1. The molecule has 4 rings (SSSR count). The highest BCUT2D eigenvalue weighted by molar-refractivity contribution is 9.10. The molecule has 176 valence electrons. The Morgan fingerprint density at radius 3 is 2.15 bits per heavy atom. The van der Waals surface area contributed by atoms with Gasteiger partial charge >= 0.3 is 5.91 Å². The molecule has 3 aromatic rings. The lowest BCUT2D eigenvalue weighted by atomic mass is 9.94. The third-order valence-electron chi connectivity index (χ3n) is 5.43. The number of benzene rings is 2. The highest BCUT2D eigenvalue weighted by atomic mass is 79.9. The monoisotopic (exact) mass is 528 g/mol. The maximum absolute atomic E-state index is 13.2. The van der Waals surface area contributed by atoms with Crippen molar-refractivity contribution in [3.8, 4) is 17.2 Å². The summed E-state index contributed by atoms with van der Waals surface area (Å²) in [7, 11) is 4.39. The number of aliphatic hydroxyl groups is 1. The zero-order valence-electron chi connectivity index (χ0n) is 18.8. The molecule has 2 aromatic carbocycles. The van der Waals surface area contributed by atoms with Gasteiger partial charge in [0.2, 0.25) is 5.75 Å². The standard InChI is InChI=1S/C24H21BrN2O7/c1-12-9-18(26-34-12)27-20(14-10-16(31-2)23(33-4)17(11-14)32-3)19(22(29)24(27)30)21(28)13-5-7-15(25)8-6-13/h5-11,20,28H,1-4H3/t20-/m0/s1. The van der Waals surface area contributed by atoms with E-state index in [1.807, 2.05) is 0 Å². The Kier molecular flexibility index (Phi) is 6.34. The predicted molar refractivity (Wildman–Crippen MR) is 126 cm³/mol. The number of rotatable bonds is 6. The van der Waals surface area contributed by atoms with Gasteiger partial charge in [-0.1, -0.05) is 33.2 Å². The summed E-state index contributed by atoms with van der Waals surface area (Å²) in [6, 6.07) is 10.5. The Morgan fingerprint density at radius 1 is 1.03 bits per heavy atom. The van der Waals surface area contributed by atoms with E-state index in [4.69, 9.17) is 18.7 Å². The van der Waals surface area contributed by atoms with Gasteiger partial charge < -0.3 is 23.8 Å². The number of amides is 1. The molecule has 0 aliphatic carbocycles. The zero-order valence-corrected chi connectivity index (χ0v) is 20.4. The second kappa shape index (κ2) is 9.22. The van der Waals surface area contributed by atoms with Crippen LogP contribution in [0.4, 0.5) is 5.82 Å². The maximum Gasteiger partial charge on any atom is 0.301 e. The number of aromatic nitrogens is 1. The van der Waals surface area contributed by atoms with Crippen molar-refractivity contribution in [2.75, 3.05) is 26.2 Å². The minimum Gasteiger partial charge on any atom is -0.507 e. The van der Waals surface area contributed by atoms with Crippen LogP contribution in [0.2, 0.25) is 0 Å². The number of carbonyl (C=O) groups excluding carboxylic acids is 2. The first-order valence-corrected chi connectivity index (χ1v) is 10.9. The van der Waals surface area contributed by atoms with Gasteiger partial charge in [-0.05, 0) is 36.8 Å². The van der Waals surface area contributed by atoms with Crippen LogP contribution in [0, 0.1) is 6.92 Å². The van der Waals surface area contributed by atoms with E-state index in [-0.39, 0.29) is 17.2 Å². The number of hydrogen-bond donors (Lipinski definition) is 1. The van der Waals surface area contributed by atoms with Crippen LogP contribution in [0.3, 0.4) is 0 Å². The molecule has 10 heteroatoms. The number of anilines is 1. The third-order valence-corrected chi connectivity index (χ3v) is 5.96. The second-order valence-corrected chi connectivity index (χ2v) is 8.35. The van der Waals surface area contributed by atoms with Crippen molar-refractivity contribution in [3.63, 3.8) is 0 Å². The smallest absolute Gasteiger partial charge is 0.301 e. The van der Waals surface area contributed by atoms with Crippen LogP contribution in [0.15, 0.2) is 57.0 Å². The van der Waals surface area contributed by atoms with Gasteiger partial charge in [-0.3, -0.25) is 14.5 Å². The van der Waals surface area contributed by atoms with Crippen LogP contribution < -0.4 is 19.1 Å². The third kappa shape index (κ3) is 3.90. The molecule has 0 spiro atoms. The molecule has 1 aliphatic heterocycles. The molecule has 1 aliphatic rings. The molecule has 1 saturated heterocycles. The molecule has 0 radical (unpaired) electrons. The highest BCUT2D eigenvalue weighted by Crippen LogP contribution is 2.47. The van der Waals surface area contributed by atoms with Gasteiger partial charge in [0.25, 0.3) is 5.78 Å². The lowest BCUT2D eigenvalue weighted by Crippen LogP contribution is -2.29. The maximum atomic E-state index is 13.2. The molecule has 0 saturated carbocycles. The summed E-state index contributed by atoms with van der Waals surface area (Å²) < 4.78 is 22.3. The quantitative estimate of drug-likeness (QED) is 0.284. The SMILES string of the molecule is COc1cc([C@H]2C(=C(O)c3ccc(Br)cc3)C(=O)C(=O)N2c2cc(C)on2)cc(OC)c1OC. The molecule has 1 atom stereocenters. The fraction of sp³-hybridized carbons (Fsp3) is 0.208. The van der Waals surface area contributed by atoms with Gasteiger partial charge in [-0.25, -0.2) is 0 Å². The van der Waals surface area contributed by atoms with E-state index in [9.17, 15) is 14.7 Å². The summed E-state index contributed by atoms with van der Waals surface area (Å²) in [5.74, 6) is -0.472. The Labute approximate surface area is 203 Å². The molecule has 1 N–H and O–H groups in total. The van der Waals surface area contributed by atoms with Crippen LogP contribution in [0.25, 0.3) is 5.76 Å². The number of carbonyl (C=O) groups is 2. The van der Waals surface area contributed by atoms with Crippen molar-refractivity contribution in [1.29, 1.82) is 0 Å². The van der Waals surface area contributed by atoms with E-state index >= 15 is 0 Å². The lowest BCUT2D eigenvalue weighted by molar-refractivity contribution is -0.132. The number of ketones is 1. The number of nitrogens with zero attached hydrogens (tertiary/aromatic N) is 2. The average Bonchev–Trinajstić information content (AvgIpc) is 3.38. The van der Waals surface area contributed by atoms with Crippen LogP contribution in [0.5, 0.6) is 17.2 Å². The molecule has 1 fully saturated rings. The highest BCUT2D eigenvalue weighted by Gasteiger charge is 2.48. The molecular weight excluding hydrogens is 508 g/mol. The first-order chi connectivity index (χ1) is 16.3. The summed E-state index contributed by atoms with van der Waals surface area (Å²) in [4.78, 5) is 27.6. The van der Waals surface area contributed by atoms with Gasteiger partial charge in [0.15, 0.2) is 17.3 Å². The Bertz CT molecular complexity index is 1270. The van der Waals surface area contributed by atoms with E-state index in [0.29, 0.717) is 34.1 Å². The first kappa shape index (κ1) is 23.4. The summed E-state index contributed by atoms with van der Waals surface area (Å²) in [5.41, 5.74) is 0.699. The number of aliphatic hydroxyl groups excluding tert-OH is 1. The van der Waals surface area contributed by atoms with E-state index in [2.05, 4.69) is 21.1 Å². The average molecular weight is 529 g/mol. The number of ether oxygens (including phenoxy) is 3. The van der Waals surface area contributed by atoms with Crippen LogP contribution in [-0.4, -0.2) is 43.3 Å². The number of hydrogen-bond acceptors (Lipinski definition) is 8. The van der Waals surface area contributed by atoms with Crippen LogP contribution in [0.1, 0.15) is 22.9 Å². The van der Waals surface area contributed by atoms with Gasteiger partial charge in [0, 0.05) is 16.1 Å². The number of methoxy groups -OCH3 is 3. The molecule has 0 unspecified atom stereocenters. The van der Waals surface area contributed by atoms with Crippen molar-refractivity contribution in [3.05, 3.63) is 69.4 Å². The first-order valence-electron chi connectivity index (χ1n) is 10.1. The topological polar surface area (TPSA) is 111 Å². The Balaban J connectivity index is 2.00. The second-order valence-electron chi connectivity index (χ2n) is 7.43. The molecule has 34 heavy (non-hydrogen) atoms. The van der Waals surface area contributed by atoms with E-state index < -0.39 is 17.7 Å². The normalized spacial score (nSPS) is 17.2. The van der Waals surface area contributed by atoms with Crippen LogP contribution in [-0.2, 0) is 9.59 Å². The zero-order chi connectivity index (χ0) is 24.6. The van der Waals surface area contributed by atoms with Crippen molar-refractivity contribution in [2.24, 2.45) is 0 Å². The predicted octanol–water partition coefficient (Wildman–Crippen LogP) is 4.40. The fourth-order valence-electron chi connectivity index (χ4n) is 3.87. The number of aryl methyl sites for hydroxylation is 1. The fourth-order valence-corrected chi connectivity index (χ4v) is 4.14. The van der Waals surface area contributed by atoms with Crippen molar-refractivity contribution < 1.29 is 33.4 Å². The number of Topliss-reactive ketones (excluding diaryl/α,β-unsaturated/α-hetero) is 1. The van der Waals surface area contributed by atoms with E-state index in [0.717, 1.165) is 4.47 Å². The van der Waals surface area contributed by atoms with Gasteiger partial charge in [-0.2, -0.15) is 0 Å². The summed E-state index contributed by atoms with van der Waals surface area (Å²) in [6.45, 7) is 1.67. The van der Waals surface area contributed by atoms with E-state index in [1.54, 1.807) is 43.3 Å². The lowest BCUT2D eigenvalue weighted by Gasteiger charge is -2.24. The van der Waals surface area contributed by atoms with Gasteiger partial charge in [-0.15, -0.1) is 0 Å².